The van der Waals surface area contributed by atoms with Gasteiger partial charge in [0.25, 0.3) is 0 Å². The third-order valence-electron chi connectivity index (χ3n) is 14.1. The molecule has 0 saturated carbocycles. The topological polar surface area (TPSA) is 98.1 Å². The zero-order chi connectivity index (χ0) is 54.1. The van der Waals surface area contributed by atoms with E-state index in [9.17, 15) is 0 Å². The van der Waals surface area contributed by atoms with E-state index in [2.05, 4.69) is 146 Å². The summed E-state index contributed by atoms with van der Waals surface area (Å²) in [6, 6.07) is 87.0. The van der Waals surface area contributed by atoms with E-state index in [1.54, 1.807) is 0 Å². The van der Waals surface area contributed by atoms with Crippen LogP contribution in [-0.4, -0.2) is 39.5 Å². The average molecular weight is 1140 g/mol. The number of H-pyrrole nitrogens is 1. The first-order valence-electron chi connectivity index (χ1n) is 26.4. The van der Waals surface area contributed by atoms with Crippen LogP contribution in [0.1, 0.15) is 0 Å². The lowest BCUT2D eigenvalue weighted by Gasteiger charge is -2.10. The smallest absolute Gasteiger partial charge is 0.164 e. The van der Waals surface area contributed by atoms with Gasteiger partial charge in [-0.3, -0.25) is 0 Å². The van der Waals surface area contributed by atoms with Gasteiger partial charge in [-0.05, 0) is 72.8 Å². The molecule has 0 unspecified atom stereocenters. The minimum Gasteiger partial charge on any atom is -0.361 e. The first kappa shape index (κ1) is 49.5. The molecule has 0 amide bonds. The number of hydrogen-bond acceptors (Lipinski definition) is 8. The number of halogens is 1. The fraction of sp³-hybridized carbons (Fsp3) is 0. The van der Waals surface area contributed by atoms with E-state index in [0.717, 1.165) is 43.5 Å². The van der Waals surface area contributed by atoms with Crippen molar-refractivity contribution >= 4 is 101 Å². The van der Waals surface area contributed by atoms with E-state index < -0.39 is 0 Å². The van der Waals surface area contributed by atoms with Gasteiger partial charge in [0.15, 0.2) is 34.9 Å². The second-order valence-corrected chi connectivity index (χ2v) is 22.4. The van der Waals surface area contributed by atoms with Crippen LogP contribution in [0.5, 0.6) is 0 Å². The van der Waals surface area contributed by atoms with Crippen LogP contribution in [0.2, 0.25) is 0 Å². The van der Waals surface area contributed by atoms with E-state index in [-0.39, 0.29) is 0 Å². The number of aromatic nitrogens is 8. The Kier molecular flexibility index (Phi) is 13.3. The third-order valence-corrected chi connectivity index (χ3v) is 16.9. The zero-order valence-electron chi connectivity index (χ0n) is 43.2. The molecule has 11 heteroatoms. The van der Waals surface area contributed by atoms with Gasteiger partial charge in [0.05, 0.1) is 5.52 Å². The molecule has 6 heterocycles. The maximum absolute atomic E-state index is 4.92. The van der Waals surface area contributed by atoms with Crippen molar-refractivity contribution in [2.45, 2.75) is 0 Å². The molecule has 0 spiro atoms. The van der Waals surface area contributed by atoms with Crippen LogP contribution in [0.3, 0.4) is 0 Å². The second kappa shape index (κ2) is 21.8. The number of benzene rings is 10. The Balaban J connectivity index is 0.000000121. The number of thiophene rings is 2. The van der Waals surface area contributed by atoms with Gasteiger partial charge >= 0.3 is 0 Å². The number of rotatable bonds is 7. The Labute approximate surface area is 482 Å². The monoisotopic (exact) mass is 1140 g/mol. The van der Waals surface area contributed by atoms with Crippen molar-refractivity contribution in [1.29, 1.82) is 0 Å². The van der Waals surface area contributed by atoms with Crippen molar-refractivity contribution in [2.75, 3.05) is 0 Å². The molecule has 1 N–H and O–H groups in total. The Morgan fingerprint density at radius 1 is 0.321 bits per heavy atom. The first-order chi connectivity index (χ1) is 40.0. The number of aromatic amines is 1. The summed E-state index contributed by atoms with van der Waals surface area (Å²) in [6.07, 6.45) is 4.17. The van der Waals surface area contributed by atoms with Crippen molar-refractivity contribution in [1.82, 2.24) is 39.5 Å². The molecule has 0 aliphatic rings. The van der Waals surface area contributed by atoms with E-state index in [4.69, 9.17) is 24.9 Å². The van der Waals surface area contributed by atoms with Gasteiger partial charge in [-0.1, -0.05) is 198 Å². The molecule has 0 aliphatic carbocycles. The average Bonchev–Trinajstić information content (AvgIpc) is 4.56. The lowest BCUT2D eigenvalue weighted by Crippen LogP contribution is -2.00. The van der Waals surface area contributed by atoms with Crippen molar-refractivity contribution in [2.24, 2.45) is 0 Å². The minimum absolute atomic E-state index is 0.650. The van der Waals surface area contributed by atoms with E-state index in [0.29, 0.717) is 34.9 Å². The predicted octanol–water partition coefficient (Wildman–Crippen LogP) is 19.4. The van der Waals surface area contributed by atoms with Crippen LogP contribution < -0.4 is 0 Å². The summed E-state index contributed by atoms with van der Waals surface area (Å²) < 4.78 is 8.61. The van der Waals surface area contributed by atoms with Crippen LogP contribution in [0, 0.1) is 0 Å². The number of hydrogen-bond donors (Lipinski definition) is 1. The molecule has 6 aromatic heterocycles. The van der Waals surface area contributed by atoms with Gasteiger partial charge in [0, 0.05) is 113 Å². The van der Waals surface area contributed by atoms with E-state index >= 15 is 0 Å². The predicted molar refractivity (Wildman–Crippen MR) is 341 cm³/mol. The molecule has 0 fully saturated rings. The molecular formula is C70H45BrN8S2. The molecule has 0 saturated heterocycles. The Hall–Kier alpha value is -9.78. The quantitative estimate of drug-likeness (QED) is 0.171. The molecule has 0 radical (unpaired) electrons. The van der Waals surface area contributed by atoms with Crippen molar-refractivity contribution < 1.29 is 0 Å². The Morgan fingerprint density at radius 3 is 1.25 bits per heavy atom. The first-order valence-corrected chi connectivity index (χ1v) is 28.9. The van der Waals surface area contributed by atoms with Gasteiger partial charge in [0.2, 0.25) is 0 Å². The van der Waals surface area contributed by atoms with Crippen LogP contribution in [0.15, 0.2) is 272 Å². The molecule has 8 nitrogen and oxygen atoms in total. The minimum atomic E-state index is 0.650. The molecule has 0 bridgehead atoms. The fourth-order valence-electron chi connectivity index (χ4n) is 10.3. The second-order valence-electron chi connectivity index (χ2n) is 19.3. The summed E-state index contributed by atoms with van der Waals surface area (Å²) in [4.78, 5) is 32.0. The summed E-state index contributed by atoms with van der Waals surface area (Å²) in [7, 11) is 0. The van der Waals surface area contributed by atoms with Crippen molar-refractivity contribution in [3.63, 3.8) is 0 Å². The normalized spacial score (nSPS) is 11.3. The van der Waals surface area contributed by atoms with Crippen LogP contribution >= 0.6 is 38.6 Å². The van der Waals surface area contributed by atoms with Crippen LogP contribution in [0.4, 0.5) is 0 Å². The SMILES string of the molecule is Brc1cccc(-c2nc(-c3ccccc3)nc(-c3ccccc3)n2)c1.c1ccc(-c2nc(-c3ccccc3)nc(-c3cccc(-n4ccc5c6c(ccc54)sc4ccccc46)c3)n2)cc1.c1ccc2c(c1)sc1ccc3[nH]ccc3c12. The van der Waals surface area contributed by atoms with Gasteiger partial charge in [0.1, 0.15) is 0 Å². The Morgan fingerprint density at radius 2 is 0.741 bits per heavy atom. The standard InChI is InChI=1S/C35H22N4S.C21H14BrN3.C14H9NS/c1-3-10-23(11-4-1)33-36-34(24-12-5-2-6-13-24)38-35(37-33)25-14-9-15-26(22-25)39-21-20-27-29(39)18-19-31-32(27)28-16-7-8-17-30(28)40-31;22-18-13-7-12-17(14-18)21-24-19(15-8-3-1-4-9-15)23-20(25-21)16-10-5-2-6-11-16;1-2-4-12-10(3-1)14-9-7-8-15-11(9)5-6-13(14)16-12/h1-22H;1-14H;1-8,15H. The zero-order valence-corrected chi connectivity index (χ0v) is 46.4. The van der Waals surface area contributed by atoms with Gasteiger partial charge in [-0.15, -0.1) is 22.7 Å². The summed E-state index contributed by atoms with van der Waals surface area (Å²) in [5.74, 6) is 3.97. The molecule has 81 heavy (non-hydrogen) atoms. The number of fused-ring (bicyclic) bond motifs is 10. The van der Waals surface area contributed by atoms with Gasteiger partial charge in [-0.25, -0.2) is 29.9 Å². The summed E-state index contributed by atoms with van der Waals surface area (Å²) in [6.45, 7) is 0. The lowest BCUT2D eigenvalue weighted by atomic mass is 10.1. The lowest BCUT2D eigenvalue weighted by molar-refractivity contribution is 1.07. The molecule has 16 rings (SSSR count). The number of nitrogens with one attached hydrogen (secondary N) is 1. The summed E-state index contributed by atoms with van der Waals surface area (Å²) >= 11 is 7.23. The van der Waals surface area contributed by atoms with Gasteiger partial charge < -0.3 is 9.55 Å². The fourth-order valence-corrected chi connectivity index (χ4v) is 13.0. The highest BCUT2D eigenvalue weighted by Crippen LogP contribution is 2.41. The third kappa shape index (κ3) is 9.95. The summed E-state index contributed by atoms with van der Waals surface area (Å²) in [5, 5.41) is 7.98. The van der Waals surface area contributed by atoms with Crippen molar-refractivity contribution in [3.05, 3.63) is 272 Å². The molecule has 0 aliphatic heterocycles. The van der Waals surface area contributed by atoms with E-state index in [1.807, 2.05) is 174 Å². The molecule has 384 valence electrons. The highest BCUT2D eigenvalue weighted by atomic mass is 79.9. The number of nitrogens with zero attached hydrogens (tertiary/aromatic N) is 7. The molecule has 0 atom stereocenters. The highest BCUT2D eigenvalue weighted by molar-refractivity contribution is 9.10. The summed E-state index contributed by atoms with van der Waals surface area (Å²) in [5.41, 5.74) is 9.22. The van der Waals surface area contributed by atoms with Crippen LogP contribution in [-0.2, 0) is 0 Å². The van der Waals surface area contributed by atoms with Crippen LogP contribution in [0.25, 0.3) is 136 Å². The molecule has 10 aromatic carbocycles. The maximum Gasteiger partial charge on any atom is 0.164 e. The largest absolute Gasteiger partial charge is 0.361 e. The van der Waals surface area contributed by atoms with Gasteiger partial charge in [-0.2, -0.15) is 0 Å². The maximum atomic E-state index is 4.92. The molecular weight excluding hydrogens is 1100 g/mol. The molecule has 16 aromatic rings. The highest BCUT2D eigenvalue weighted by Gasteiger charge is 2.17. The van der Waals surface area contributed by atoms with Crippen molar-refractivity contribution in [3.8, 4) is 74.0 Å². The Bertz CT molecular complexity index is 4790. The van der Waals surface area contributed by atoms with E-state index in [1.165, 1.54) is 62.2 Å².